The zero-order valence-corrected chi connectivity index (χ0v) is 18.3. The molecule has 1 saturated heterocycles. The highest BCUT2D eigenvalue weighted by Crippen LogP contribution is 2.38. The van der Waals surface area contributed by atoms with Crippen molar-refractivity contribution in [3.05, 3.63) is 52.5 Å². The number of esters is 1. The molecule has 1 amide bonds. The molecule has 162 valence electrons. The van der Waals surface area contributed by atoms with Crippen LogP contribution >= 0.6 is 11.6 Å². The summed E-state index contributed by atoms with van der Waals surface area (Å²) in [6.45, 7) is 0.635. The molecule has 2 aromatic rings. The van der Waals surface area contributed by atoms with Gasteiger partial charge < -0.3 is 15.0 Å². The number of benzene rings is 2. The predicted molar refractivity (Wildman–Crippen MR) is 118 cm³/mol. The van der Waals surface area contributed by atoms with Crippen molar-refractivity contribution in [2.45, 2.75) is 30.6 Å². The minimum Gasteiger partial charge on any atom is -0.465 e. The van der Waals surface area contributed by atoms with Crippen LogP contribution in [0.4, 0.5) is 11.4 Å². The van der Waals surface area contributed by atoms with E-state index in [-0.39, 0.29) is 26.7 Å². The molecule has 4 rings (SSSR count). The fourth-order valence-electron chi connectivity index (χ4n) is 3.74. The maximum Gasteiger partial charge on any atom is 0.339 e. The van der Waals surface area contributed by atoms with Crippen LogP contribution in [0.25, 0.3) is 0 Å². The third-order valence-corrected chi connectivity index (χ3v) is 6.91. The van der Waals surface area contributed by atoms with E-state index in [1.165, 1.54) is 25.3 Å². The summed E-state index contributed by atoms with van der Waals surface area (Å²) in [7, 11) is -2.73. The molecule has 2 aromatic carbocycles. The first-order chi connectivity index (χ1) is 14.8. The fourth-order valence-corrected chi connectivity index (χ4v) is 5.25. The number of nitrogens with one attached hydrogen (secondary N) is 1. The highest BCUT2D eigenvalue weighted by atomic mass is 35.5. The van der Waals surface area contributed by atoms with E-state index in [1.54, 1.807) is 18.2 Å². The normalized spacial score (nSPS) is 17.0. The van der Waals surface area contributed by atoms with Crippen LogP contribution in [-0.4, -0.2) is 39.8 Å². The SMILES string of the molecule is COC(=O)c1ccccc1NC(=O)c1cc2c(cc1Cl)N1CCCCCC1=NS2(=O)=O. The summed E-state index contributed by atoms with van der Waals surface area (Å²) in [5, 5.41) is 2.72. The van der Waals surface area contributed by atoms with Crippen molar-refractivity contribution in [2.75, 3.05) is 23.9 Å². The third-order valence-electron chi connectivity index (χ3n) is 5.26. The molecule has 0 atom stereocenters. The molecule has 8 nitrogen and oxygen atoms in total. The first kappa shape index (κ1) is 21.3. The van der Waals surface area contributed by atoms with E-state index < -0.39 is 21.9 Å². The maximum atomic E-state index is 12.9. The molecule has 10 heteroatoms. The minimum atomic E-state index is -3.97. The molecule has 1 fully saturated rings. The highest BCUT2D eigenvalue weighted by molar-refractivity contribution is 7.90. The zero-order valence-electron chi connectivity index (χ0n) is 16.7. The standard InChI is InChI=1S/C21H20ClN3O5S/c1-30-21(27)13-7-4-5-8-16(13)23-20(26)14-11-18-17(12-15(14)22)25-10-6-2-3-9-19(25)24-31(18,28)29/h4-5,7-8,11-12H,2-3,6,9-10H2,1H3,(H,23,26). The number of anilines is 2. The molecule has 0 unspecified atom stereocenters. The fraction of sp³-hybridized carbons (Fsp3) is 0.286. The molecule has 0 aliphatic carbocycles. The van der Waals surface area contributed by atoms with Gasteiger partial charge in [0.05, 0.1) is 34.6 Å². The number of amidine groups is 1. The van der Waals surface area contributed by atoms with E-state index in [1.807, 2.05) is 4.90 Å². The van der Waals surface area contributed by atoms with Gasteiger partial charge in [0.15, 0.2) is 0 Å². The lowest BCUT2D eigenvalue weighted by Crippen LogP contribution is -2.35. The van der Waals surface area contributed by atoms with Crippen molar-refractivity contribution in [1.29, 1.82) is 0 Å². The second-order valence-electron chi connectivity index (χ2n) is 7.24. The largest absolute Gasteiger partial charge is 0.465 e. The van der Waals surface area contributed by atoms with E-state index in [0.717, 1.165) is 19.3 Å². The first-order valence-corrected chi connectivity index (χ1v) is 11.6. The van der Waals surface area contributed by atoms with Gasteiger partial charge in [0.1, 0.15) is 10.7 Å². The van der Waals surface area contributed by atoms with E-state index in [9.17, 15) is 18.0 Å². The van der Waals surface area contributed by atoms with E-state index in [4.69, 9.17) is 16.3 Å². The lowest BCUT2D eigenvalue weighted by Gasteiger charge is -2.30. The van der Waals surface area contributed by atoms with Gasteiger partial charge in [0.2, 0.25) is 0 Å². The Labute approximate surface area is 184 Å². The number of sulfonamides is 1. The van der Waals surface area contributed by atoms with Crippen molar-refractivity contribution in [2.24, 2.45) is 4.40 Å². The third kappa shape index (κ3) is 4.03. The number of fused-ring (bicyclic) bond motifs is 3. The molecular formula is C21H20ClN3O5S. The van der Waals surface area contributed by atoms with Crippen LogP contribution in [-0.2, 0) is 14.8 Å². The summed E-state index contributed by atoms with van der Waals surface area (Å²) in [6, 6.07) is 9.08. The molecule has 0 radical (unpaired) electrons. The molecule has 2 heterocycles. The predicted octanol–water partition coefficient (Wildman–Crippen LogP) is 3.86. The topological polar surface area (TPSA) is 105 Å². The zero-order chi connectivity index (χ0) is 22.2. The molecule has 31 heavy (non-hydrogen) atoms. The number of ether oxygens (including phenoxy) is 1. The van der Waals surface area contributed by atoms with Gasteiger partial charge in [-0.25, -0.2) is 4.79 Å². The van der Waals surface area contributed by atoms with Crippen molar-refractivity contribution in [3.8, 4) is 0 Å². The summed E-state index contributed by atoms with van der Waals surface area (Å²) in [5.41, 5.74) is 0.795. The second-order valence-corrected chi connectivity index (χ2v) is 9.22. The Bertz CT molecular complexity index is 1210. The van der Waals surface area contributed by atoms with Crippen LogP contribution in [0, 0.1) is 0 Å². The van der Waals surface area contributed by atoms with Gasteiger partial charge in [-0.15, -0.1) is 4.40 Å². The van der Waals surface area contributed by atoms with Crippen LogP contribution in [0.3, 0.4) is 0 Å². The smallest absolute Gasteiger partial charge is 0.339 e. The van der Waals surface area contributed by atoms with Gasteiger partial charge in [0.25, 0.3) is 15.9 Å². The Hall–Kier alpha value is -2.91. The minimum absolute atomic E-state index is 0.0304. The van der Waals surface area contributed by atoms with Crippen LogP contribution in [0.2, 0.25) is 5.02 Å². The van der Waals surface area contributed by atoms with Gasteiger partial charge in [-0.1, -0.05) is 30.2 Å². The number of hydrogen-bond acceptors (Lipinski definition) is 6. The van der Waals surface area contributed by atoms with Gasteiger partial charge in [0, 0.05) is 13.0 Å². The molecular weight excluding hydrogens is 442 g/mol. The molecule has 1 N–H and O–H groups in total. The summed E-state index contributed by atoms with van der Waals surface area (Å²) in [4.78, 5) is 26.7. The average Bonchev–Trinajstić information content (AvgIpc) is 2.98. The Morgan fingerprint density at radius 2 is 1.90 bits per heavy atom. The Kier molecular flexibility index (Phi) is 5.72. The van der Waals surface area contributed by atoms with Gasteiger partial charge in [-0.05, 0) is 37.1 Å². The first-order valence-electron chi connectivity index (χ1n) is 9.75. The number of carbonyl (C=O) groups excluding carboxylic acids is 2. The quantitative estimate of drug-likeness (QED) is 0.696. The molecule has 0 aromatic heterocycles. The van der Waals surface area contributed by atoms with Gasteiger partial charge in [-0.2, -0.15) is 8.42 Å². The average molecular weight is 462 g/mol. The number of para-hydroxylation sites is 1. The lowest BCUT2D eigenvalue weighted by atomic mass is 10.1. The van der Waals surface area contributed by atoms with Crippen LogP contribution in [0.15, 0.2) is 45.7 Å². The second kappa shape index (κ2) is 8.32. The van der Waals surface area contributed by atoms with Crippen molar-refractivity contribution in [3.63, 3.8) is 0 Å². The molecule has 2 aliphatic rings. The van der Waals surface area contributed by atoms with Crippen molar-refractivity contribution < 1.29 is 22.7 Å². The monoisotopic (exact) mass is 461 g/mol. The van der Waals surface area contributed by atoms with E-state index >= 15 is 0 Å². The number of methoxy groups -OCH3 is 1. The van der Waals surface area contributed by atoms with Crippen molar-refractivity contribution in [1.82, 2.24) is 0 Å². The summed E-state index contributed by atoms with van der Waals surface area (Å²) >= 11 is 6.40. The number of rotatable bonds is 3. The van der Waals surface area contributed by atoms with E-state index in [2.05, 4.69) is 9.71 Å². The molecule has 0 spiro atoms. The number of halogens is 1. The van der Waals surface area contributed by atoms with Gasteiger partial charge in [-0.3, -0.25) is 4.79 Å². The summed E-state index contributed by atoms with van der Waals surface area (Å²) in [5.74, 6) is -0.756. The number of hydrogen-bond donors (Lipinski definition) is 1. The molecule has 0 bridgehead atoms. The van der Waals surface area contributed by atoms with Crippen LogP contribution < -0.4 is 10.2 Å². The van der Waals surface area contributed by atoms with Crippen LogP contribution in [0.1, 0.15) is 46.4 Å². The molecule has 2 aliphatic heterocycles. The molecule has 0 saturated carbocycles. The van der Waals surface area contributed by atoms with E-state index in [0.29, 0.717) is 24.5 Å². The van der Waals surface area contributed by atoms with Crippen molar-refractivity contribution >= 4 is 50.7 Å². The Morgan fingerprint density at radius 3 is 2.68 bits per heavy atom. The number of nitrogens with zero attached hydrogens (tertiary/aromatic N) is 2. The lowest BCUT2D eigenvalue weighted by molar-refractivity contribution is 0.0602. The Morgan fingerprint density at radius 1 is 1.13 bits per heavy atom. The highest BCUT2D eigenvalue weighted by Gasteiger charge is 2.33. The number of amides is 1. The summed E-state index contributed by atoms with van der Waals surface area (Å²) in [6.07, 6.45) is 3.33. The number of carbonyl (C=O) groups is 2. The maximum absolute atomic E-state index is 12.9. The Balaban J connectivity index is 1.73. The summed E-state index contributed by atoms with van der Waals surface area (Å²) < 4.78 is 34.3. The van der Waals surface area contributed by atoms with Gasteiger partial charge >= 0.3 is 5.97 Å². The van der Waals surface area contributed by atoms with Crippen LogP contribution in [0.5, 0.6) is 0 Å².